The number of ether oxygens (including phenoxy) is 1. The van der Waals surface area contributed by atoms with E-state index in [-0.39, 0.29) is 0 Å². The van der Waals surface area contributed by atoms with Crippen molar-refractivity contribution in [3.8, 4) is 0 Å². The second-order valence-electron chi connectivity index (χ2n) is 5.99. The summed E-state index contributed by atoms with van der Waals surface area (Å²) in [6.07, 6.45) is 8.43. The zero-order valence-electron chi connectivity index (χ0n) is 10.2. The molecule has 1 saturated carbocycles. The van der Waals surface area contributed by atoms with Crippen LogP contribution < -0.4 is 5.32 Å². The predicted octanol–water partition coefficient (Wildman–Crippen LogP) is 2.72. The topological polar surface area (TPSA) is 21.3 Å². The van der Waals surface area contributed by atoms with Crippen LogP contribution in [0.3, 0.4) is 0 Å². The fourth-order valence-corrected chi connectivity index (χ4v) is 2.22. The van der Waals surface area contributed by atoms with Gasteiger partial charge in [-0.2, -0.15) is 0 Å². The lowest BCUT2D eigenvalue weighted by Gasteiger charge is -2.26. The lowest BCUT2D eigenvalue weighted by Crippen LogP contribution is -2.31. The Morgan fingerprint density at radius 3 is 2.67 bits per heavy atom. The van der Waals surface area contributed by atoms with Crippen LogP contribution in [0.15, 0.2) is 0 Å². The molecule has 0 radical (unpaired) electrons. The third kappa shape index (κ3) is 4.12. The summed E-state index contributed by atoms with van der Waals surface area (Å²) in [7, 11) is 0. The molecular weight excluding hydrogens is 186 g/mol. The second kappa shape index (κ2) is 4.84. The van der Waals surface area contributed by atoms with Crippen molar-refractivity contribution in [2.45, 2.75) is 64.5 Å². The van der Waals surface area contributed by atoms with Crippen molar-refractivity contribution in [2.24, 2.45) is 5.41 Å². The monoisotopic (exact) mass is 211 g/mol. The zero-order valence-corrected chi connectivity index (χ0v) is 10.2. The standard InChI is InChI=1S/C13H25NO/c1-13(2,10-14-11-5-6-11)8-7-12-4-3-9-15-12/h11-12,14H,3-10H2,1-2H3. The summed E-state index contributed by atoms with van der Waals surface area (Å²) >= 11 is 0. The third-order valence-corrected chi connectivity index (χ3v) is 3.61. The molecule has 2 nitrogen and oxygen atoms in total. The van der Waals surface area contributed by atoms with Crippen molar-refractivity contribution in [3.63, 3.8) is 0 Å². The number of rotatable bonds is 6. The van der Waals surface area contributed by atoms with E-state index in [1.807, 2.05) is 0 Å². The van der Waals surface area contributed by atoms with Gasteiger partial charge < -0.3 is 10.1 Å². The summed E-state index contributed by atoms with van der Waals surface area (Å²) in [6, 6.07) is 0.840. The molecule has 1 atom stereocenters. The number of hydrogen-bond donors (Lipinski definition) is 1. The minimum absolute atomic E-state index is 0.439. The van der Waals surface area contributed by atoms with Gasteiger partial charge in [0.25, 0.3) is 0 Å². The molecule has 0 amide bonds. The maximum atomic E-state index is 5.67. The SMILES string of the molecule is CC(C)(CCC1CCCO1)CNC1CC1. The first-order chi connectivity index (χ1) is 7.16. The summed E-state index contributed by atoms with van der Waals surface area (Å²) < 4.78 is 5.67. The Morgan fingerprint density at radius 1 is 1.27 bits per heavy atom. The maximum absolute atomic E-state index is 5.67. The van der Waals surface area contributed by atoms with Crippen LogP contribution >= 0.6 is 0 Å². The van der Waals surface area contributed by atoms with E-state index in [2.05, 4.69) is 19.2 Å². The van der Waals surface area contributed by atoms with Crippen LogP contribution in [0.5, 0.6) is 0 Å². The Morgan fingerprint density at radius 2 is 2.07 bits per heavy atom. The van der Waals surface area contributed by atoms with Crippen LogP contribution in [-0.2, 0) is 4.74 Å². The summed E-state index contributed by atoms with van der Waals surface area (Å²) in [6.45, 7) is 6.91. The van der Waals surface area contributed by atoms with Gasteiger partial charge in [-0.3, -0.25) is 0 Å². The van der Waals surface area contributed by atoms with Gasteiger partial charge >= 0.3 is 0 Å². The van der Waals surface area contributed by atoms with Crippen molar-refractivity contribution in [1.29, 1.82) is 0 Å². The summed E-state index contributed by atoms with van der Waals surface area (Å²) in [5.41, 5.74) is 0.439. The molecule has 2 fully saturated rings. The zero-order chi connectivity index (χ0) is 10.7. The molecule has 1 saturated heterocycles. The molecule has 0 aromatic carbocycles. The molecule has 1 aliphatic heterocycles. The van der Waals surface area contributed by atoms with E-state index >= 15 is 0 Å². The van der Waals surface area contributed by atoms with Gasteiger partial charge in [0.05, 0.1) is 6.10 Å². The minimum atomic E-state index is 0.439. The molecule has 0 bridgehead atoms. The largest absolute Gasteiger partial charge is 0.378 e. The van der Waals surface area contributed by atoms with E-state index in [1.165, 1.54) is 45.1 Å². The first kappa shape index (κ1) is 11.4. The summed E-state index contributed by atoms with van der Waals surface area (Å²) in [4.78, 5) is 0. The van der Waals surface area contributed by atoms with Crippen molar-refractivity contribution >= 4 is 0 Å². The van der Waals surface area contributed by atoms with Gasteiger partial charge in [-0.1, -0.05) is 13.8 Å². The van der Waals surface area contributed by atoms with Gasteiger partial charge in [0, 0.05) is 19.2 Å². The van der Waals surface area contributed by atoms with E-state index in [0.717, 1.165) is 12.6 Å². The van der Waals surface area contributed by atoms with Gasteiger partial charge in [0.1, 0.15) is 0 Å². The highest BCUT2D eigenvalue weighted by Crippen LogP contribution is 2.28. The predicted molar refractivity (Wildman–Crippen MR) is 63.0 cm³/mol. The van der Waals surface area contributed by atoms with E-state index < -0.39 is 0 Å². The van der Waals surface area contributed by atoms with Crippen molar-refractivity contribution in [3.05, 3.63) is 0 Å². The first-order valence-electron chi connectivity index (χ1n) is 6.51. The molecule has 0 spiro atoms. The Bertz CT molecular complexity index is 193. The Balaban J connectivity index is 1.61. The molecule has 2 rings (SSSR count). The van der Waals surface area contributed by atoms with Gasteiger partial charge in [-0.25, -0.2) is 0 Å². The maximum Gasteiger partial charge on any atom is 0.0576 e. The van der Waals surface area contributed by atoms with E-state index in [1.54, 1.807) is 0 Å². The van der Waals surface area contributed by atoms with Crippen LogP contribution in [0, 0.1) is 5.41 Å². The first-order valence-corrected chi connectivity index (χ1v) is 6.51. The van der Waals surface area contributed by atoms with Gasteiger partial charge in [0.15, 0.2) is 0 Å². The van der Waals surface area contributed by atoms with Crippen LogP contribution in [0.1, 0.15) is 52.4 Å². The van der Waals surface area contributed by atoms with Crippen LogP contribution in [0.2, 0.25) is 0 Å². The minimum Gasteiger partial charge on any atom is -0.378 e. The lowest BCUT2D eigenvalue weighted by molar-refractivity contribution is 0.0914. The van der Waals surface area contributed by atoms with Crippen molar-refractivity contribution in [2.75, 3.05) is 13.2 Å². The molecule has 1 aliphatic carbocycles. The fourth-order valence-electron chi connectivity index (χ4n) is 2.22. The van der Waals surface area contributed by atoms with Crippen LogP contribution in [0.4, 0.5) is 0 Å². The number of hydrogen-bond acceptors (Lipinski definition) is 2. The Labute approximate surface area is 93.8 Å². The lowest BCUT2D eigenvalue weighted by atomic mass is 9.86. The molecule has 1 N–H and O–H groups in total. The molecule has 1 unspecified atom stereocenters. The number of nitrogens with one attached hydrogen (secondary N) is 1. The van der Waals surface area contributed by atoms with E-state index in [9.17, 15) is 0 Å². The van der Waals surface area contributed by atoms with Crippen molar-refractivity contribution < 1.29 is 4.74 Å². The molecule has 0 aromatic heterocycles. The van der Waals surface area contributed by atoms with Crippen LogP contribution in [-0.4, -0.2) is 25.3 Å². The van der Waals surface area contributed by atoms with E-state index in [0.29, 0.717) is 11.5 Å². The summed E-state index contributed by atoms with van der Waals surface area (Å²) in [5, 5.41) is 3.63. The highest BCUT2D eigenvalue weighted by molar-refractivity contribution is 4.84. The fraction of sp³-hybridized carbons (Fsp3) is 1.00. The quantitative estimate of drug-likeness (QED) is 0.729. The highest BCUT2D eigenvalue weighted by atomic mass is 16.5. The second-order valence-corrected chi connectivity index (χ2v) is 5.99. The van der Waals surface area contributed by atoms with Gasteiger partial charge in [-0.15, -0.1) is 0 Å². The Hall–Kier alpha value is -0.0800. The van der Waals surface area contributed by atoms with Crippen molar-refractivity contribution in [1.82, 2.24) is 5.32 Å². The van der Waals surface area contributed by atoms with E-state index in [4.69, 9.17) is 4.74 Å². The van der Waals surface area contributed by atoms with Crippen LogP contribution in [0.25, 0.3) is 0 Å². The highest BCUT2D eigenvalue weighted by Gasteiger charge is 2.26. The molecule has 15 heavy (non-hydrogen) atoms. The Kier molecular flexibility index (Phi) is 3.68. The van der Waals surface area contributed by atoms with Gasteiger partial charge in [-0.05, 0) is 43.9 Å². The molecule has 88 valence electrons. The summed E-state index contributed by atoms with van der Waals surface area (Å²) in [5.74, 6) is 0. The normalized spacial score (nSPS) is 27.2. The average Bonchev–Trinajstić information content (AvgIpc) is 2.88. The molecule has 0 aromatic rings. The molecular formula is C13H25NO. The van der Waals surface area contributed by atoms with Gasteiger partial charge in [0.2, 0.25) is 0 Å². The molecule has 2 aliphatic rings. The average molecular weight is 211 g/mol. The smallest absolute Gasteiger partial charge is 0.0576 e. The molecule has 2 heteroatoms. The molecule has 1 heterocycles. The third-order valence-electron chi connectivity index (χ3n) is 3.61.